The molecule has 4 nitrogen and oxygen atoms in total. The second-order valence-electron chi connectivity index (χ2n) is 4.56. The Morgan fingerprint density at radius 3 is 2.79 bits per heavy atom. The van der Waals surface area contributed by atoms with Crippen LogP contribution in [0.5, 0.6) is 11.5 Å². The lowest BCUT2D eigenvalue weighted by molar-refractivity contribution is 0.481. The van der Waals surface area contributed by atoms with Crippen molar-refractivity contribution in [3.8, 4) is 11.5 Å². The lowest BCUT2D eigenvalue weighted by Crippen LogP contribution is -2.21. The van der Waals surface area contributed by atoms with Crippen molar-refractivity contribution in [1.82, 2.24) is 5.32 Å². The Morgan fingerprint density at radius 1 is 1.00 bits per heavy atom. The van der Waals surface area contributed by atoms with Gasteiger partial charge in [-0.2, -0.15) is 0 Å². The lowest BCUT2D eigenvalue weighted by atomic mass is 10.1. The highest BCUT2D eigenvalue weighted by Gasteiger charge is 2.21. The minimum absolute atomic E-state index is 0.830. The van der Waals surface area contributed by atoms with Crippen LogP contribution in [0.3, 0.4) is 0 Å². The minimum Gasteiger partial charge on any atom is -0.453 e. The number of para-hydroxylation sites is 3. The number of rotatable bonds is 1. The molecule has 0 bridgehead atoms. The molecule has 0 aliphatic carbocycles. The molecule has 19 heavy (non-hydrogen) atoms. The van der Waals surface area contributed by atoms with E-state index in [0.717, 1.165) is 47.4 Å². The van der Waals surface area contributed by atoms with E-state index in [9.17, 15) is 0 Å². The van der Waals surface area contributed by atoms with Crippen molar-refractivity contribution in [3.63, 3.8) is 0 Å². The summed E-state index contributed by atoms with van der Waals surface area (Å²) in [7, 11) is 0. The van der Waals surface area contributed by atoms with Crippen LogP contribution in [0.1, 0.15) is 5.56 Å². The first-order valence-corrected chi connectivity index (χ1v) is 6.37. The van der Waals surface area contributed by atoms with Gasteiger partial charge in [-0.05, 0) is 24.3 Å². The molecule has 2 heterocycles. The number of hydrogen-bond acceptors (Lipinski definition) is 4. The average Bonchev–Trinajstić information content (AvgIpc) is 2.98. The van der Waals surface area contributed by atoms with Gasteiger partial charge in [-0.15, -0.1) is 0 Å². The maximum Gasteiger partial charge on any atom is 0.151 e. The second kappa shape index (κ2) is 4.02. The third-order valence-corrected chi connectivity index (χ3v) is 3.32. The van der Waals surface area contributed by atoms with Crippen molar-refractivity contribution < 1.29 is 4.74 Å². The smallest absolute Gasteiger partial charge is 0.151 e. The molecule has 4 rings (SSSR count). The highest BCUT2D eigenvalue weighted by molar-refractivity contribution is 6.06. The van der Waals surface area contributed by atoms with Gasteiger partial charge in [0.05, 0.1) is 17.9 Å². The Kier molecular flexibility index (Phi) is 2.21. The fourth-order valence-electron chi connectivity index (χ4n) is 2.43. The minimum atomic E-state index is 0.830. The third-order valence-electron chi connectivity index (χ3n) is 3.32. The van der Waals surface area contributed by atoms with Gasteiger partial charge in [-0.3, -0.25) is 4.99 Å². The van der Waals surface area contributed by atoms with Crippen LogP contribution in [-0.4, -0.2) is 18.9 Å². The number of fused-ring (bicyclic) bond motifs is 2. The molecule has 2 N–H and O–H groups in total. The van der Waals surface area contributed by atoms with Crippen molar-refractivity contribution in [2.24, 2.45) is 4.99 Å². The van der Waals surface area contributed by atoms with Crippen LogP contribution in [0.25, 0.3) is 0 Å². The van der Waals surface area contributed by atoms with E-state index in [2.05, 4.69) is 21.7 Å². The maximum atomic E-state index is 5.93. The van der Waals surface area contributed by atoms with Crippen LogP contribution < -0.4 is 15.4 Å². The van der Waals surface area contributed by atoms with Crippen molar-refractivity contribution in [2.75, 3.05) is 18.4 Å². The fourth-order valence-corrected chi connectivity index (χ4v) is 2.43. The van der Waals surface area contributed by atoms with Crippen LogP contribution in [0, 0.1) is 0 Å². The van der Waals surface area contributed by atoms with Gasteiger partial charge in [-0.1, -0.05) is 18.2 Å². The summed E-state index contributed by atoms with van der Waals surface area (Å²) in [4.78, 5) is 4.48. The van der Waals surface area contributed by atoms with Crippen molar-refractivity contribution in [3.05, 3.63) is 48.0 Å². The van der Waals surface area contributed by atoms with E-state index >= 15 is 0 Å². The van der Waals surface area contributed by atoms with E-state index in [1.54, 1.807) is 0 Å². The van der Waals surface area contributed by atoms with E-state index in [0.29, 0.717) is 0 Å². The number of nitrogens with one attached hydrogen (secondary N) is 2. The predicted molar refractivity (Wildman–Crippen MR) is 75.6 cm³/mol. The summed E-state index contributed by atoms with van der Waals surface area (Å²) in [6.45, 7) is 1.73. The summed E-state index contributed by atoms with van der Waals surface area (Å²) in [5.74, 6) is 2.63. The predicted octanol–water partition coefficient (Wildman–Crippen LogP) is 2.89. The van der Waals surface area contributed by atoms with Gasteiger partial charge in [0, 0.05) is 12.1 Å². The molecular formula is C15H13N3O. The molecule has 0 spiro atoms. The first-order valence-electron chi connectivity index (χ1n) is 6.37. The molecule has 2 aliphatic heterocycles. The molecule has 0 amide bonds. The molecule has 2 aliphatic rings. The van der Waals surface area contributed by atoms with Crippen molar-refractivity contribution >= 4 is 17.2 Å². The molecule has 0 aromatic heterocycles. The van der Waals surface area contributed by atoms with Gasteiger partial charge in [0.15, 0.2) is 11.5 Å². The standard InChI is InChI=1S/C15H13N3O/c1-2-6-12-11(5-1)18-14-10(15-16-8-9-17-15)4-3-7-13(14)19-12/h1-7,18H,8-9H2,(H,16,17). The van der Waals surface area contributed by atoms with E-state index in [-0.39, 0.29) is 0 Å². The molecule has 2 aromatic rings. The summed E-state index contributed by atoms with van der Waals surface area (Å²) >= 11 is 0. The second-order valence-corrected chi connectivity index (χ2v) is 4.56. The number of amidine groups is 1. The normalized spacial score (nSPS) is 15.5. The molecule has 0 fully saturated rings. The van der Waals surface area contributed by atoms with Gasteiger partial charge in [-0.25, -0.2) is 0 Å². The van der Waals surface area contributed by atoms with E-state index in [4.69, 9.17) is 4.74 Å². The number of nitrogens with zero attached hydrogens (tertiary/aromatic N) is 1. The van der Waals surface area contributed by atoms with Crippen molar-refractivity contribution in [2.45, 2.75) is 0 Å². The molecule has 0 saturated heterocycles. The molecule has 0 saturated carbocycles. The molecule has 2 aromatic carbocycles. The largest absolute Gasteiger partial charge is 0.453 e. The maximum absolute atomic E-state index is 5.93. The molecule has 0 unspecified atom stereocenters. The van der Waals surface area contributed by atoms with E-state index in [1.807, 2.05) is 36.4 Å². The highest BCUT2D eigenvalue weighted by Crippen LogP contribution is 2.43. The fraction of sp³-hybridized carbons (Fsp3) is 0.133. The Bertz CT molecular complexity index is 679. The average molecular weight is 251 g/mol. The summed E-state index contributed by atoms with van der Waals surface area (Å²) in [6.07, 6.45) is 0. The van der Waals surface area contributed by atoms with Gasteiger partial charge in [0.1, 0.15) is 5.84 Å². The van der Waals surface area contributed by atoms with Crippen LogP contribution in [0.15, 0.2) is 47.5 Å². The number of anilines is 2. The van der Waals surface area contributed by atoms with Crippen molar-refractivity contribution in [1.29, 1.82) is 0 Å². The Labute approximate surface area is 111 Å². The number of hydrogen-bond donors (Lipinski definition) is 2. The molecule has 0 atom stereocenters. The molecular weight excluding hydrogens is 238 g/mol. The van der Waals surface area contributed by atoms with Gasteiger partial charge >= 0.3 is 0 Å². The zero-order valence-corrected chi connectivity index (χ0v) is 10.3. The van der Waals surface area contributed by atoms with E-state index in [1.165, 1.54) is 0 Å². The Hall–Kier alpha value is -2.49. The number of ether oxygens (including phenoxy) is 1. The van der Waals surface area contributed by atoms with Crippen LogP contribution >= 0.6 is 0 Å². The van der Waals surface area contributed by atoms with Crippen LogP contribution in [0.2, 0.25) is 0 Å². The van der Waals surface area contributed by atoms with Crippen LogP contribution in [0.4, 0.5) is 11.4 Å². The first kappa shape index (κ1) is 10.4. The zero-order valence-electron chi connectivity index (χ0n) is 10.3. The molecule has 4 heteroatoms. The van der Waals surface area contributed by atoms with Crippen LogP contribution in [-0.2, 0) is 0 Å². The quantitative estimate of drug-likeness (QED) is 0.699. The van der Waals surface area contributed by atoms with Gasteiger partial charge in [0.2, 0.25) is 0 Å². The summed E-state index contributed by atoms with van der Waals surface area (Å²) in [6, 6.07) is 14.0. The van der Waals surface area contributed by atoms with E-state index < -0.39 is 0 Å². The Balaban J connectivity index is 1.83. The summed E-state index contributed by atoms with van der Waals surface area (Å²) in [5, 5.41) is 6.74. The number of benzene rings is 2. The topological polar surface area (TPSA) is 45.7 Å². The summed E-state index contributed by atoms with van der Waals surface area (Å²) in [5.41, 5.74) is 3.03. The number of aliphatic imine (C=N–C) groups is 1. The summed E-state index contributed by atoms with van der Waals surface area (Å²) < 4.78 is 5.93. The van der Waals surface area contributed by atoms with Gasteiger partial charge in [0.25, 0.3) is 0 Å². The monoisotopic (exact) mass is 251 g/mol. The Morgan fingerprint density at radius 2 is 1.89 bits per heavy atom. The molecule has 0 radical (unpaired) electrons. The van der Waals surface area contributed by atoms with Gasteiger partial charge < -0.3 is 15.4 Å². The lowest BCUT2D eigenvalue weighted by Gasteiger charge is -2.23. The SMILES string of the molecule is c1ccc2c(c1)Nc1c(cccc1C1=NCCN1)O2. The molecule has 94 valence electrons. The highest BCUT2D eigenvalue weighted by atomic mass is 16.5. The first-order chi connectivity index (χ1) is 9.42. The third kappa shape index (κ3) is 1.64. The zero-order chi connectivity index (χ0) is 12.7.